The Kier molecular flexibility index (Phi) is 6.28. The smallest absolute Gasteiger partial charge is 0.417 e. The summed E-state index contributed by atoms with van der Waals surface area (Å²) in [5.41, 5.74) is -1.97. The van der Waals surface area contributed by atoms with Crippen LogP contribution in [0.5, 0.6) is 0 Å². The Hall–Kier alpha value is -3.86. The lowest BCUT2D eigenvalue weighted by molar-refractivity contribution is -0.137. The van der Waals surface area contributed by atoms with Gasteiger partial charge in [-0.05, 0) is 36.8 Å². The molecule has 4 rings (SSSR count). The molecule has 0 amide bonds. The maximum atomic E-state index is 13.3. The molecule has 0 aliphatic heterocycles. The van der Waals surface area contributed by atoms with Crippen LogP contribution in [0.25, 0.3) is 16.7 Å². The number of hydrogen-bond acceptors (Lipinski definition) is 5. The molecule has 2 heterocycles. The maximum Gasteiger partial charge on any atom is 0.417 e. The van der Waals surface area contributed by atoms with E-state index in [2.05, 4.69) is 4.98 Å². The van der Waals surface area contributed by atoms with Gasteiger partial charge in [-0.1, -0.05) is 23.7 Å². The van der Waals surface area contributed by atoms with Crippen molar-refractivity contribution in [3.8, 4) is 5.69 Å². The molecule has 0 fully saturated rings. The van der Waals surface area contributed by atoms with Gasteiger partial charge in [-0.25, -0.2) is 14.6 Å². The molecule has 8 nitrogen and oxygen atoms in total. The molecule has 0 N–H and O–H groups in total. The molecule has 0 unspecified atom stereocenters. The number of halogens is 4. The van der Waals surface area contributed by atoms with Gasteiger partial charge in [0.2, 0.25) is 0 Å². The molecule has 182 valence electrons. The molecule has 12 heteroatoms. The number of aryl methyl sites for hydroxylation is 1. The number of fused-ring (bicyclic) bond motifs is 1. The Balaban J connectivity index is 1.93. The highest BCUT2D eigenvalue weighted by Crippen LogP contribution is 2.36. The third-order valence-corrected chi connectivity index (χ3v) is 5.81. The Morgan fingerprint density at radius 2 is 1.91 bits per heavy atom. The van der Waals surface area contributed by atoms with Crippen LogP contribution in [0.15, 0.2) is 58.5 Å². The Labute approximate surface area is 200 Å². The number of alkyl halides is 3. The van der Waals surface area contributed by atoms with E-state index in [9.17, 15) is 27.6 Å². The summed E-state index contributed by atoms with van der Waals surface area (Å²) in [5, 5.41) is -0.644. The molecular formula is C23H18ClF3N4O4. The van der Waals surface area contributed by atoms with E-state index in [4.69, 9.17) is 16.3 Å². The van der Waals surface area contributed by atoms with Gasteiger partial charge in [0, 0.05) is 13.2 Å². The molecule has 0 radical (unpaired) electrons. The fourth-order valence-corrected chi connectivity index (χ4v) is 3.93. The molecule has 2 aromatic carbocycles. The lowest BCUT2D eigenvalue weighted by atomic mass is 10.1. The van der Waals surface area contributed by atoms with E-state index in [0.717, 1.165) is 28.4 Å². The van der Waals surface area contributed by atoms with Crippen LogP contribution in [0.4, 0.5) is 13.2 Å². The first-order valence-electron chi connectivity index (χ1n) is 10.3. The second-order valence-corrected chi connectivity index (χ2v) is 7.99. The lowest BCUT2D eigenvalue weighted by Crippen LogP contribution is -2.42. The van der Waals surface area contributed by atoms with E-state index in [0.29, 0.717) is 10.1 Å². The summed E-state index contributed by atoms with van der Waals surface area (Å²) in [6.07, 6.45) is -2.10. The number of ether oxygens (including phenoxy) is 1. The quantitative estimate of drug-likeness (QED) is 0.384. The van der Waals surface area contributed by atoms with Crippen molar-refractivity contribution in [1.29, 1.82) is 0 Å². The molecule has 0 saturated heterocycles. The van der Waals surface area contributed by atoms with Crippen LogP contribution in [-0.2, 0) is 24.5 Å². The normalized spacial score (nSPS) is 11.7. The zero-order chi connectivity index (χ0) is 25.5. The highest BCUT2D eigenvalue weighted by molar-refractivity contribution is 6.32. The van der Waals surface area contributed by atoms with Gasteiger partial charge in [-0.15, -0.1) is 0 Å². The molecule has 0 saturated carbocycles. The van der Waals surface area contributed by atoms with Crippen LogP contribution in [-0.4, -0.2) is 31.3 Å². The number of aromatic nitrogens is 4. The van der Waals surface area contributed by atoms with Crippen LogP contribution in [0.3, 0.4) is 0 Å². The predicted octanol–water partition coefficient (Wildman–Crippen LogP) is 3.78. The van der Waals surface area contributed by atoms with Crippen molar-refractivity contribution < 1.29 is 22.7 Å². The minimum absolute atomic E-state index is 0.0310. The average Bonchev–Trinajstić information content (AvgIpc) is 3.17. The van der Waals surface area contributed by atoms with Crippen LogP contribution >= 0.6 is 11.6 Å². The third kappa shape index (κ3) is 4.46. The van der Waals surface area contributed by atoms with Crippen molar-refractivity contribution in [3.05, 3.63) is 91.5 Å². The summed E-state index contributed by atoms with van der Waals surface area (Å²) < 4.78 is 48.3. The highest BCUT2D eigenvalue weighted by Gasteiger charge is 2.34. The number of rotatable bonds is 5. The fraction of sp³-hybridized carbons (Fsp3) is 0.217. The zero-order valence-corrected chi connectivity index (χ0v) is 19.2. The molecule has 35 heavy (non-hydrogen) atoms. The number of benzene rings is 2. The van der Waals surface area contributed by atoms with Crippen molar-refractivity contribution in [2.45, 2.75) is 19.6 Å². The second-order valence-electron chi connectivity index (χ2n) is 7.61. The van der Waals surface area contributed by atoms with Gasteiger partial charge in [0.1, 0.15) is 5.56 Å². The summed E-state index contributed by atoms with van der Waals surface area (Å²) >= 11 is 5.98. The first-order chi connectivity index (χ1) is 16.5. The summed E-state index contributed by atoms with van der Waals surface area (Å²) in [6, 6.07) is 8.06. The van der Waals surface area contributed by atoms with Crippen molar-refractivity contribution in [2.24, 2.45) is 7.05 Å². The largest absolute Gasteiger partial charge is 0.462 e. The van der Waals surface area contributed by atoms with Crippen LogP contribution < -0.4 is 11.2 Å². The molecule has 0 atom stereocenters. The number of nitrogens with zero attached hydrogens (tertiary/aromatic N) is 4. The topological polar surface area (TPSA) is 88.1 Å². The first-order valence-corrected chi connectivity index (χ1v) is 10.7. The van der Waals surface area contributed by atoms with Gasteiger partial charge in [0.05, 0.1) is 46.8 Å². The molecule has 4 aromatic rings. The van der Waals surface area contributed by atoms with Gasteiger partial charge in [-0.2, -0.15) is 13.2 Å². The minimum atomic E-state index is -4.73. The standard InChI is InChI=1S/C23H18ClF3N4O4/c1-3-35-21(33)15-11-30(14-7-8-18-17(9-14)28-12-29(18)2)22(34)31(20(15)32)10-13-5-4-6-16(19(13)24)23(25,26)27/h4-9,11-12H,3,10H2,1-2H3. The van der Waals surface area contributed by atoms with Crippen LogP contribution in [0, 0.1) is 0 Å². The van der Waals surface area contributed by atoms with Crippen molar-refractivity contribution in [2.75, 3.05) is 6.61 Å². The Morgan fingerprint density at radius 3 is 2.60 bits per heavy atom. The van der Waals surface area contributed by atoms with Crippen LogP contribution in [0.1, 0.15) is 28.4 Å². The maximum absolute atomic E-state index is 13.3. The van der Waals surface area contributed by atoms with E-state index < -0.39 is 46.1 Å². The first kappa shape index (κ1) is 24.3. The third-order valence-electron chi connectivity index (χ3n) is 5.37. The van der Waals surface area contributed by atoms with Gasteiger partial charge in [0.15, 0.2) is 0 Å². The van der Waals surface area contributed by atoms with E-state index in [1.807, 2.05) is 0 Å². The van der Waals surface area contributed by atoms with E-state index in [-0.39, 0.29) is 17.9 Å². The molecule has 0 spiro atoms. The number of carbonyl (C=O) groups is 1. The van der Waals surface area contributed by atoms with E-state index in [1.165, 1.54) is 6.07 Å². The van der Waals surface area contributed by atoms with E-state index in [1.54, 1.807) is 43.1 Å². The number of imidazole rings is 1. The second kappa shape index (κ2) is 9.06. The lowest BCUT2D eigenvalue weighted by Gasteiger charge is -2.15. The highest BCUT2D eigenvalue weighted by atomic mass is 35.5. The minimum Gasteiger partial charge on any atom is -0.462 e. The van der Waals surface area contributed by atoms with Gasteiger partial charge in [0.25, 0.3) is 5.56 Å². The summed E-state index contributed by atoms with van der Waals surface area (Å²) in [7, 11) is 1.79. The monoisotopic (exact) mass is 506 g/mol. The number of carbonyl (C=O) groups excluding carboxylic acids is 1. The predicted molar refractivity (Wildman–Crippen MR) is 122 cm³/mol. The van der Waals surface area contributed by atoms with Gasteiger partial charge >= 0.3 is 17.8 Å². The van der Waals surface area contributed by atoms with Gasteiger partial charge in [-0.3, -0.25) is 13.9 Å². The SMILES string of the molecule is CCOC(=O)c1cn(-c2ccc3c(c2)ncn3C)c(=O)n(Cc2cccc(C(F)(F)F)c2Cl)c1=O. The number of esters is 1. The fourth-order valence-electron chi connectivity index (χ4n) is 3.64. The number of hydrogen-bond donors (Lipinski definition) is 0. The van der Waals surface area contributed by atoms with Gasteiger partial charge < -0.3 is 9.30 Å². The molecule has 2 aromatic heterocycles. The molecule has 0 aliphatic rings. The average molecular weight is 507 g/mol. The van der Waals surface area contributed by atoms with Crippen LogP contribution in [0.2, 0.25) is 5.02 Å². The molecule has 0 bridgehead atoms. The molecule has 0 aliphatic carbocycles. The Bertz CT molecular complexity index is 1570. The van der Waals surface area contributed by atoms with Crippen molar-refractivity contribution >= 4 is 28.6 Å². The summed E-state index contributed by atoms with van der Waals surface area (Å²) in [4.78, 5) is 43.1. The van der Waals surface area contributed by atoms with E-state index >= 15 is 0 Å². The summed E-state index contributed by atoms with van der Waals surface area (Å²) in [6.45, 7) is 0.917. The Morgan fingerprint density at radius 1 is 1.17 bits per heavy atom. The zero-order valence-electron chi connectivity index (χ0n) is 18.5. The van der Waals surface area contributed by atoms with Crippen molar-refractivity contribution in [1.82, 2.24) is 18.7 Å². The van der Waals surface area contributed by atoms with Crippen molar-refractivity contribution in [3.63, 3.8) is 0 Å². The summed E-state index contributed by atoms with van der Waals surface area (Å²) in [5.74, 6) is -0.978. The molecular weight excluding hydrogens is 489 g/mol.